The van der Waals surface area contributed by atoms with Gasteiger partial charge >= 0.3 is 0 Å². The number of hydrogen-bond donors (Lipinski definition) is 2. The number of benzene rings is 1. The van der Waals surface area contributed by atoms with Crippen LogP contribution in [0.5, 0.6) is 0 Å². The number of hydrogen-bond acceptors (Lipinski definition) is 5. The first kappa shape index (κ1) is 21.9. The Labute approximate surface area is 155 Å². The summed E-state index contributed by atoms with van der Waals surface area (Å²) in [7, 11) is -3.45. The van der Waals surface area contributed by atoms with Crippen LogP contribution >= 0.6 is 12.4 Å². The quantitative estimate of drug-likeness (QED) is 0.716. The first-order valence-corrected chi connectivity index (χ1v) is 9.61. The van der Waals surface area contributed by atoms with Crippen LogP contribution in [0.1, 0.15) is 19.4 Å². The van der Waals surface area contributed by atoms with E-state index >= 15 is 0 Å². The molecule has 1 aliphatic rings. The van der Waals surface area contributed by atoms with Crippen molar-refractivity contribution in [3.8, 4) is 0 Å². The monoisotopic (exact) mass is 391 g/mol. The van der Waals surface area contributed by atoms with E-state index in [1.54, 1.807) is 24.3 Å². The molecule has 0 bridgehead atoms. The minimum absolute atomic E-state index is 0. The number of amides is 1. The van der Waals surface area contributed by atoms with Crippen molar-refractivity contribution in [2.75, 3.05) is 32.8 Å². The maximum absolute atomic E-state index is 12.4. The maximum Gasteiger partial charge on any atom is 0.243 e. The molecule has 1 fully saturated rings. The lowest BCUT2D eigenvalue weighted by atomic mass is 10.2. The predicted molar refractivity (Wildman–Crippen MR) is 98.3 cm³/mol. The first-order chi connectivity index (χ1) is 11.5. The molecule has 1 saturated heterocycles. The number of rotatable bonds is 7. The molecule has 0 radical (unpaired) electrons. The molecule has 25 heavy (non-hydrogen) atoms. The number of sulfonamides is 1. The second-order valence-corrected chi connectivity index (χ2v) is 7.47. The number of morpholine rings is 1. The Balaban J connectivity index is 0.00000312. The van der Waals surface area contributed by atoms with Crippen LogP contribution in [0.15, 0.2) is 29.2 Å². The fourth-order valence-electron chi connectivity index (χ4n) is 2.54. The van der Waals surface area contributed by atoms with E-state index in [0.29, 0.717) is 39.4 Å². The topological polar surface area (TPSA) is 87.7 Å². The second-order valence-electron chi connectivity index (χ2n) is 5.53. The van der Waals surface area contributed by atoms with E-state index in [2.05, 4.69) is 10.6 Å². The highest BCUT2D eigenvalue weighted by atomic mass is 35.5. The lowest BCUT2D eigenvalue weighted by molar-refractivity contribution is -0.126. The summed E-state index contributed by atoms with van der Waals surface area (Å²) in [5.74, 6) is -0.116. The van der Waals surface area contributed by atoms with E-state index in [0.717, 1.165) is 5.56 Å². The predicted octanol–water partition coefficient (Wildman–Crippen LogP) is 0.744. The summed E-state index contributed by atoms with van der Waals surface area (Å²) in [6.07, 6.45) is 0. The molecule has 2 N–H and O–H groups in total. The zero-order valence-corrected chi connectivity index (χ0v) is 16.2. The molecule has 0 spiro atoms. The number of nitrogens with one attached hydrogen (secondary N) is 2. The fourth-order valence-corrected chi connectivity index (χ4v) is 4.00. The van der Waals surface area contributed by atoms with E-state index in [9.17, 15) is 13.2 Å². The van der Waals surface area contributed by atoms with Crippen LogP contribution in [-0.2, 0) is 26.1 Å². The van der Waals surface area contributed by atoms with Gasteiger partial charge in [0.1, 0.15) is 6.04 Å². The van der Waals surface area contributed by atoms with Gasteiger partial charge in [-0.15, -0.1) is 12.4 Å². The van der Waals surface area contributed by atoms with E-state index < -0.39 is 10.0 Å². The Morgan fingerprint density at radius 3 is 2.44 bits per heavy atom. The van der Waals surface area contributed by atoms with Gasteiger partial charge in [0.15, 0.2) is 0 Å². The molecule has 0 aliphatic carbocycles. The lowest BCUT2D eigenvalue weighted by Crippen LogP contribution is -2.51. The van der Waals surface area contributed by atoms with Crippen LogP contribution in [0, 0.1) is 0 Å². The molecule has 2 rings (SSSR count). The summed E-state index contributed by atoms with van der Waals surface area (Å²) in [5.41, 5.74) is 0.846. The van der Waals surface area contributed by atoms with Crippen molar-refractivity contribution in [3.05, 3.63) is 29.8 Å². The Kier molecular flexibility index (Phi) is 8.81. The molecule has 142 valence electrons. The van der Waals surface area contributed by atoms with Crippen molar-refractivity contribution in [1.82, 2.24) is 14.9 Å². The minimum atomic E-state index is -3.45. The smallest absolute Gasteiger partial charge is 0.243 e. The van der Waals surface area contributed by atoms with Gasteiger partial charge in [-0.2, -0.15) is 4.31 Å². The summed E-state index contributed by atoms with van der Waals surface area (Å²) < 4.78 is 31.5. The van der Waals surface area contributed by atoms with Crippen LogP contribution in [0.3, 0.4) is 0 Å². The zero-order valence-electron chi connectivity index (χ0n) is 14.5. The molecule has 0 aromatic heterocycles. The molecule has 1 heterocycles. The van der Waals surface area contributed by atoms with E-state index in [1.807, 2.05) is 13.8 Å². The van der Waals surface area contributed by atoms with Gasteiger partial charge < -0.3 is 15.4 Å². The molecule has 1 atom stereocenters. The van der Waals surface area contributed by atoms with Crippen molar-refractivity contribution in [1.29, 1.82) is 0 Å². The molecule has 1 unspecified atom stereocenters. The third kappa shape index (κ3) is 5.65. The van der Waals surface area contributed by atoms with Gasteiger partial charge in [0, 0.05) is 26.2 Å². The molecule has 1 amide bonds. The number of nitrogens with zero attached hydrogens (tertiary/aromatic N) is 1. The number of carbonyl (C=O) groups excluding carboxylic acids is 1. The van der Waals surface area contributed by atoms with Gasteiger partial charge in [0.25, 0.3) is 0 Å². The van der Waals surface area contributed by atoms with Gasteiger partial charge in [0.2, 0.25) is 15.9 Å². The SMILES string of the molecule is CCN(CC)S(=O)(=O)c1ccc(CNC(=O)C2COCCN2)cc1.Cl. The van der Waals surface area contributed by atoms with Crippen LogP contribution in [0.25, 0.3) is 0 Å². The molecule has 1 aliphatic heterocycles. The number of halogens is 1. The average molecular weight is 392 g/mol. The lowest BCUT2D eigenvalue weighted by Gasteiger charge is -2.23. The molecule has 1 aromatic rings. The van der Waals surface area contributed by atoms with Crippen molar-refractivity contribution in [3.63, 3.8) is 0 Å². The second kappa shape index (κ2) is 10.1. The highest BCUT2D eigenvalue weighted by Gasteiger charge is 2.22. The summed E-state index contributed by atoms with van der Waals surface area (Å²) in [6, 6.07) is 6.28. The Morgan fingerprint density at radius 2 is 1.92 bits per heavy atom. The van der Waals surface area contributed by atoms with Crippen molar-refractivity contribution in [2.45, 2.75) is 31.3 Å². The van der Waals surface area contributed by atoms with Crippen LogP contribution in [-0.4, -0.2) is 57.5 Å². The summed E-state index contributed by atoms with van der Waals surface area (Å²) in [5, 5.41) is 5.92. The summed E-state index contributed by atoms with van der Waals surface area (Å²) in [4.78, 5) is 12.3. The molecule has 7 nitrogen and oxygen atoms in total. The Hall–Kier alpha value is -1.19. The maximum atomic E-state index is 12.4. The standard InChI is InChI=1S/C16H25N3O4S.ClH/c1-3-19(4-2)24(21,22)14-7-5-13(6-8-14)11-18-16(20)15-12-23-10-9-17-15;/h5-8,15,17H,3-4,9-12H2,1-2H3,(H,18,20);1H. The van der Waals surface area contributed by atoms with Gasteiger partial charge in [-0.1, -0.05) is 26.0 Å². The van der Waals surface area contributed by atoms with E-state index in [1.165, 1.54) is 4.31 Å². The molecule has 1 aromatic carbocycles. The van der Waals surface area contributed by atoms with Crippen molar-refractivity contribution in [2.24, 2.45) is 0 Å². The first-order valence-electron chi connectivity index (χ1n) is 8.17. The third-order valence-electron chi connectivity index (χ3n) is 3.97. The van der Waals surface area contributed by atoms with Gasteiger partial charge in [0.05, 0.1) is 18.1 Å². The van der Waals surface area contributed by atoms with Gasteiger partial charge in [-0.25, -0.2) is 8.42 Å². The van der Waals surface area contributed by atoms with Crippen molar-refractivity contribution < 1.29 is 17.9 Å². The minimum Gasteiger partial charge on any atom is -0.378 e. The highest BCUT2D eigenvalue weighted by molar-refractivity contribution is 7.89. The summed E-state index contributed by atoms with van der Waals surface area (Å²) >= 11 is 0. The third-order valence-corrected chi connectivity index (χ3v) is 6.04. The van der Waals surface area contributed by atoms with Gasteiger partial charge in [-0.05, 0) is 17.7 Å². The Morgan fingerprint density at radius 1 is 1.28 bits per heavy atom. The molecule has 0 saturated carbocycles. The number of ether oxygens (including phenoxy) is 1. The molecule has 9 heteroatoms. The zero-order chi connectivity index (χ0) is 17.6. The molecular weight excluding hydrogens is 366 g/mol. The highest BCUT2D eigenvalue weighted by Crippen LogP contribution is 2.16. The van der Waals surface area contributed by atoms with Crippen LogP contribution < -0.4 is 10.6 Å². The van der Waals surface area contributed by atoms with E-state index in [4.69, 9.17) is 4.74 Å². The van der Waals surface area contributed by atoms with Crippen LogP contribution in [0.2, 0.25) is 0 Å². The normalized spacial score (nSPS) is 17.8. The van der Waals surface area contributed by atoms with Gasteiger partial charge in [-0.3, -0.25) is 4.79 Å². The fraction of sp³-hybridized carbons (Fsp3) is 0.562. The van der Waals surface area contributed by atoms with E-state index in [-0.39, 0.29) is 29.3 Å². The summed E-state index contributed by atoms with van der Waals surface area (Å²) in [6.45, 7) is 6.50. The average Bonchev–Trinajstić information content (AvgIpc) is 2.61. The number of carbonyl (C=O) groups is 1. The molecular formula is C16H26ClN3O4S. The van der Waals surface area contributed by atoms with Crippen LogP contribution in [0.4, 0.5) is 0 Å². The largest absolute Gasteiger partial charge is 0.378 e. The van der Waals surface area contributed by atoms with Crippen molar-refractivity contribution >= 4 is 28.3 Å². The Bertz CT molecular complexity index is 642.